The lowest BCUT2D eigenvalue weighted by atomic mass is 10.0. The van der Waals surface area contributed by atoms with Crippen LogP contribution in [0.1, 0.15) is 83.0 Å². The average Bonchev–Trinajstić information content (AvgIpc) is 4.34. The summed E-state index contributed by atoms with van der Waals surface area (Å²) < 4.78 is 0. The number of nitrogens with two attached hydrogens (primary N) is 3. The molecule has 1 fully saturated rings. The molecule has 0 spiro atoms. The molecule has 14 amide bonds. The minimum Gasteiger partial charge on any atom is -0.481 e. The van der Waals surface area contributed by atoms with Crippen molar-refractivity contribution in [3.05, 3.63) is 36.4 Å². The lowest BCUT2D eigenvalue weighted by Crippen LogP contribution is -2.60. The van der Waals surface area contributed by atoms with Gasteiger partial charge in [0.15, 0.2) is 0 Å². The van der Waals surface area contributed by atoms with Gasteiger partial charge in [-0.2, -0.15) is 0 Å². The van der Waals surface area contributed by atoms with Gasteiger partial charge in [0.05, 0.1) is 45.4 Å². The summed E-state index contributed by atoms with van der Waals surface area (Å²) in [5.41, 5.74) is 16.6. The molecule has 0 radical (unpaired) electrons. The van der Waals surface area contributed by atoms with Gasteiger partial charge < -0.3 is 95.7 Å². The van der Waals surface area contributed by atoms with E-state index in [9.17, 15) is 77.0 Å². The number of unbranched alkanes of at least 4 members (excludes halogenated alkanes) is 1. The van der Waals surface area contributed by atoms with Gasteiger partial charge in [-0.15, -0.1) is 0 Å². The zero-order valence-corrected chi connectivity index (χ0v) is 45.7. The van der Waals surface area contributed by atoms with E-state index in [0.29, 0.717) is 37.2 Å². The smallest absolute Gasteiger partial charge is 0.303 e. The molecule has 35 nitrogen and oxygen atoms in total. The molecule has 7 atom stereocenters. The van der Waals surface area contributed by atoms with E-state index in [0.717, 1.165) is 6.92 Å². The van der Waals surface area contributed by atoms with E-state index in [1.807, 2.05) is 0 Å². The number of likely N-dealkylation sites (tertiary alicyclic amines) is 1. The van der Waals surface area contributed by atoms with E-state index in [1.165, 1.54) is 36.9 Å². The van der Waals surface area contributed by atoms with Gasteiger partial charge in [-0.05, 0) is 58.4 Å². The van der Waals surface area contributed by atoms with Crippen molar-refractivity contribution in [1.29, 1.82) is 0 Å². The minimum absolute atomic E-state index is 0.0255. The first kappa shape index (κ1) is 67.7. The number of nitrogens with zero attached hydrogens (tertiary/aromatic N) is 3. The molecule has 0 aromatic carbocycles. The maximum absolute atomic E-state index is 14.5. The molecule has 1 aliphatic heterocycles. The van der Waals surface area contributed by atoms with E-state index in [-0.39, 0.29) is 32.2 Å². The molecular weight excluding hydrogens is 1100 g/mol. The van der Waals surface area contributed by atoms with Crippen LogP contribution in [0, 0.1) is 0 Å². The standard InChI is InChI=1S/C48H73N19O16/c1-25(42(77)63-29(6-3-4-12-49)43(78)57-18-36(51)70)61-39(73)22-56-37(71)19-55-38(72)20-58-47(82)34-7-5-13-67(34)48(83)33(15-28-17-53-24-60-28)66-46(81)32(14-27-16-52-23-59-27)65-45(80)31(8-10-35(50)69)64-44(79)30(9-11-41(75)76)62-40(74)21-54-26(2)68/h16-17,23-25,29-34H,3-15,18-22,49H2,1-2H3,(H2,50,69)(H2,51,70)(H,52,59)(H,53,60)(H,54,68)(H,55,72)(H,56,71)(H,57,78)(H,58,82)(H,61,73)(H,62,74)(H,63,77)(H,64,79)(H,65,80)(H,66,81)(H,75,76)/t25-,29-,30-,31-,32-,33-,34-/m0/s1. The fourth-order valence-corrected chi connectivity index (χ4v) is 7.99. The summed E-state index contributed by atoms with van der Waals surface area (Å²) >= 11 is 0. The predicted molar refractivity (Wildman–Crippen MR) is 285 cm³/mol. The Kier molecular flexibility index (Phi) is 28.7. The number of carbonyl (C=O) groups is 15. The molecule has 35 heteroatoms. The number of carboxylic acid groups (broad SMARTS) is 1. The largest absolute Gasteiger partial charge is 0.481 e. The van der Waals surface area contributed by atoms with Gasteiger partial charge in [0.1, 0.15) is 42.3 Å². The third-order valence-electron chi connectivity index (χ3n) is 12.3. The highest BCUT2D eigenvalue weighted by molar-refractivity contribution is 5.98. The zero-order valence-electron chi connectivity index (χ0n) is 45.7. The SMILES string of the molecule is CC(=O)NCC(=O)N[C@@H](CCC(=O)O)C(=O)N[C@@H](CCC(N)=O)C(=O)N[C@@H](Cc1cnc[nH]1)C(=O)N[C@@H](Cc1cnc[nH]1)C(=O)N1CCC[C@H]1C(=O)NCC(=O)NCC(=O)NCC(=O)N[C@@H](C)C(=O)N[C@@H](CCCCN)C(=O)NCC(N)=O. The molecule has 0 aliphatic carbocycles. The van der Waals surface area contributed by atoms with Crippen molar-refractivity contribution in [2.75, 3.05) is 45.8 Å². The van der Waals surface area contributed by atoms with Crippen LogP contribution in [-0.4, -0.2) is 207 Å². The number of aromatic amines is 2. The summed E-state index contributed by atoms with van der Waals surface area (Å²) in [6.45, 7) is -0.149. The summed E-state index contributed by atoms with van der Waals surface area (Å²) in [6, 6.07) is -9.59. The van der Waals surface area contributed by atoms with Crippen LogP contribution in [0.4, 0.5) is 0 Å². The van der Waals surface area contributed by atoms with Crippen LogP contribution in [0.25, 0.3) is 0 Å². The highest BCUT2D eigenvalue weighted by Gasteiger charge is 2.39. The normalized spacial score (nSPS) is 14.7. The number of rotatable bonds is 37. The Morgan fingerprint density at radius 2 is 1.08 bits per heavy atom. The summed E-state index contributed by atoms with van der Waals surface area (Å²) in [5, 5.41) is 35.5. The highest BCUT2D eigenvalue weighted by Crippen LogP contribution is 2.20. The second kappa shape index (κ2) is 35.2. The third kappa shape index (κ3) is 25.6. The van der Waals surface area contributed by atoms with Gasteiger partial charge in [-0.25, -0.2) is 9.97 Å². The van der Waals surface area contributed by atoms with E-state index in [1.54, 1.807) is 0 Å². The molecule has 0 unspecified atom stereocenters. The first-order chi connectivity index (χ1) is 39.4. The van der Waals surface area contributed by atoms with Gasteiger partial charge in [0, 0.05) is 62.9 Å². The van der Waals surface area contributed by atoms with Crippen molar-refractivity contribution in [3.8, 4) is 0 Å². The third-order valence-corrected chi connectivity index (χ3v) is 12.3. The summed E-state index contributed by atoms with van der Waals surface area (Å²) in [6.07, 6.45) is 4.44. The number of nitrogens with one attached hydrogen (secondary N) is 13. The van der Waals surface area contributed by atoms with Crippen LogP contribution in [-0.2, 0) is 84.8 Å². The Morgan fingerprint density at radius 3 is 1.65 bits per heavy atom. The van der Waals surface area contributed by atoms with Crippen LogP contribution in [0.5, 0.6) is 0 Å². The molecule has 83 heavy (non-hydrogen) atoms. The lowest BCUT2D eigenvalue weighted by molar-refractivity contribution is -0.142. The van der Waals surface area contributed by atoms with Crippen molar-refractivity contribution in [3.63, 3.8) is 0 Å². The van der Waals surface area contributed by atoms with Gasteiger partial charge in [-0.3, -0.25) is 71.9 Å². The van der Waals surface area contributed by atoms with Crippen LogP contribution >= 0.6 is 0 Å². The quantitative estimate of drug-likeness (QED) is 0.0279. The van der Waals surface area contributed by atoms with Crippen LogP contribution in [0.2, 0.25) is 0 Å². The van der Waals surface area contributed by atoms with Crippen molar-refractivity contribution >= 4 is 88.7 Å². The maximum Gasteiger partial charge on any atom is 0.303 e. The minimum atomic E-state index is -1.63. The topological polar surface area (TPSA) is 547 Å². The summed E-state index contributed by atoms with van der Waals surface area (Å²) in [5.74, 6) is -13.0. The van der Waals surface area contributed by atoms with Gasteiger partial charge in [-0.1, -0.05) is 0 Å². The molecule has 456 valence electrons. The lowest BCUT2D eigenvalue weighted by Gasteiger charge is -2.30. The number of primary amides is 2. The number of aromatic nitrogens is 4. The number of aliphatic carboxylic acids is 1. The van der Waals surface area contributed by atoms with Gasteiger partial charge >= 0.3 is 5.97 Å². The van der Waals surface area contributed by atoms with Gasteiger partial charge in [0.25, 0.3) is 0 Å². The molecule has 1 aliphatic rings. The fourth-order valence-electron chi connectivity index (χ4n) is 7.99. The highest BCUT2D eigenvalue weighted by atomic mass is 16.4. The van der Waals surface area contributed by atoms with Gasteiger partial charge in [0.2, 0.25) is 82.7 Å². The van der Waals surface area contributed by atoms with Crippen molar-refractivity contribution < 1.29 is 77.0 Å². The number of imidazole rings is 2. The molecule has 3 heterocycles. The summed E-state index contributed by atoms with van der Waals surface area (Å²) in [7, 11) is 0. The number of H-pyrrole nitrogens is 2. The van der Waals surface area contributed by atoms with E-state index < -0.39 is 189 Å². The molecular formula is C48H73N19O16. The first-order valence-corrected chi connectivity index (χ1v) is 26.2. The molecule has 0 bridgehead atoms. The van der Waals surface area contributed by atoms with Crippen molar-refractivity contribution in [2.24, 2.45) is 17.2 Å². The molecule has 0 saturated carbocycles. The molecule has 1 saturated heterocycles. The number of carbonyl (C=O) groups excluding carboxylic acids is 14. The van der Waals surface area contributed by atoms with Crippen molar-refractivity contribution in [2.45, 2.75) is 127 Å². The second-order valence-electron chi connectivity index (χ2n) is 19.0. The average molecular weight is 1170 g/mol. The Bertz CT molecular complexity index is 2620. The summed E-state index contributed by atoms with van der Waals surface area (Å²) in [4.78, 5) is 206. The van der Waals surface area contributed by atoms with Crippen LogP contribution < -0.4 is 75.7 Å². The zero-order chi connectivity index (χ0) is 61.6. The number of hydrogen-bond acceptors (Lipinski definition) is 18. The van der Waals surface area contributed by atoms with Crippen molar-refractivity contribution in [1.82, 2.24) is 83.3 Å². The predicted octanol–water partition coefficient (Wildman–Crippen LogP) is -8.82. The Hall–Kier alpha value is -9.57. The van der Waals surface area contributed by atoms with E-state index in [2.05, 4.69) is 78.4 Å². The monoisotopic (exact) mass is 1170 g/mol. The first-order valence-electron chi connectivity index (χ1n) is 26.2. The molecule has 2 aromatic heterocycles. The molecule has 3 rings (SSSR count). The second-order valence-corrected chi connectivity index (χ2v) is 19.0. The van der Waals surface area contributed by atoms with Crippen LogP contribution in [0.15, 0.2) is 25.0 Å². The number of hydrogen-bond donors (Lipinski definition) is 17. The number of amides is 14. The van der Waals surface area contributed by atoms with E-state index in [4.69, 9.17) is 17.2 Å². The van der Waals surface area contributed by atoms with E-state index >= 15 is 0 Å². The maximum atomic E-state index is 14.5. The molecule has 20 N–H and O–H groups in total. The number of carboxylic acids is 1. The fraction of sp³-hybridized carbons (Fsp3) is 0.562. The molecule has 2 aromatic rings. The Morgan fingerprint density at radius 1 is 0.578 bits per heavy atom. The van der Waals surface area contributed by atoms with Crippen LogP contribution in [0.3, 0.4) is 0 Å². The Labute approximate surface area is 474 Å². The Balaban J connectivity index is 1.66.